The fourth-order valence-electron chi connectivity index (χ4n) is 1.11. The predicted octanol–water partition coefficient (Wildman–Crippen LogP) is 0.982. The average molecular weight is 211 g/mol. The number of nitro groups is 1. The topological polar surface area (TPSA) is 87.1 Å². The number of hydrogen-bond donors (Lipinski definition) is 2. The molecule has 0 saturated carbocycles. The summed E-state index contributed by atoms with van der Waals surface area (Å²) in [6, 6.07) is 0. The molecule has 1 aromatic rings. The fraction of sp³-hybridized carbons (Fsp3) is 0.375. The molecule has 0 aliphatic rings. The van der Waals surface area contributed by atoms with Crippen molar-refractivity contribution in [2.45, 2.75) is 0 Å². The summed E-state index contributed by atoms with van der Waals surface area (Å²) in [5.74, 6) is 0.593. The Labute approximate surface area is 86.9 Å². The molecule has 2 N–H and O–H groups in total. The quantitative estimate of drug-likeness (QED) is 0.430. The number of aromatic amines is 1. The van der Waals surface area contributed by atoms with Gasteiger partial charge in [0, 0.05) is 20.6 Å². The van der Waals surface area contributed by atoms with Crippen molar-refractivity contribution in [3.8, 4) is 0 Å². The highest BCUT2D eigenvalue weighted by molar-refractivity contribution is 5.70. The van der Waals surface area contributed by atoms with Gasteiger partial charge in [-0.1, -0.05) is 6.08 Å². The van der Waals surface area contributed by atoms with E-state index in [0.717, 1.165) is 0 Å². The van der Waals surface area contributed by atoms with Crippen molar-refractivity contribution < 1.29 is 4.92 Å². The van der Waals surface area contributed by atoms with Crippen molar-refractivity contribution in [2.75, 3.05) is 30.9 Å². The summed E-state index contributed by atoms with van der Waals surface area (Å²) in [7, 11) is 3.39. The van der Waals surface area contributed by atoms with Crippen LogP contribution in [0.1, 0.15) is 0 Å². The fourth-order valence-corrected chi connectivity index (χ4v) is 1.11. The monoisotopic (exact) mass is 211 g/mol. The SMILES string of the molecule is C=CCNc1[nH]nc(N(C)C)c1[N+](=O)[O-]. The van der Waals surface area contributed by atoms with Crippen LogP contribution >= 0.6 is 0 Å². The molecule has 1 rings (SSSR count). The Balaban J connectivity index is 3.06. The van der Waals surface area contributed by atoms with Crippen LogP contribution in [0.3, 0.4) is 0 Å². The zero-order valence-corrected chi connectivity index (χ0v) is 8.65. The number of H-pyrrole nitrogens is 1. The summed E-state index contributed by atoms with van der Waals surface area (Å²) in [4.78, 5) is 11.9. The molecule has 1 aromatic heterocycles. The smallest absolute Gasteiger partial charge is 0.354 e. The molecule has 0 radical (unpaired) electrons. The van der Waals surface area contributed by atoms with Crippen molar-refractivity contribution in [1.29, 1.82) is 0 Å². The van der Waals surface area contributed by atoms with Crippen LogP contribution in [0, 0.1) is 10.1 Å². The summed E-state index contributed by atoms with van der Waals surface area (Å²) >= 11 is 0. The molecule has 0 aliphatic heterocycles. The predicted molar refractivity (Wildman–Crippen MR) is 58.3 cm³/mol. The average Bonchev–Trinajstić information content (AvgIpc) is 2.58. The molecule has 15 heavy (non-hydrogen) atoms. The van der Waals surface area contributed by atoms with Gasteiger partial charge in [-0.2, -0.15) is 0 Å². The van der Waals surface area contributed by atoms with Gasteiger partial charge in [0.2, 0.25) is 11.6 Å². The number of anilines is 2. The summed E-state index contributed by atoms with van der Waals surface area (Å²) in [5.41, 5.74) is -0.0538. The van der Waals surface area contributed by atoms with E-state index in [1.54, 1.807) is 25.1 Å². The van der Waals surface area contributed by atoms with E-state index < -0.39 is 4.92 Å². The molecule has 0 bridgehead atoms. The van der Waals surface area contributed by atoms with Crippen LogP contribution in [-0.2, 0) is 0 Å². The summed E-state index contributed by atoms with van der Waals surface area (Å²) < 4.78 is 0. The van der Waals surface area contributed by atoms with E-state index in [2.05, 4.69) is 22.1 Å². The number of hydrogen-bond acceptors (Lipinski definition) is 5. The van der Waals surface area contributed by atoms with Crippen molar-refractivity contribution >= 4 is 17.3 Å². The first-order chi connectivity index (χ1) is 7.07. The van der Waals surface area contributed by atoms with E-state index in [-0.39, 0.29) is 5.69 Å². The van der Waals surface area contributed by atoms with Crippen molar-refractivity contribution in [2.24, 2.45) is 0 Å². The molecule has 0 saturated heterocycles. The number of nitrogens with zero attached hydrogens (tertiary/aromatic N) is 3. The number of nitrogens with one attached hydrogen (secondary N) is 2. The van der Waals surface area contributed by atoms with E-state index in [4.69, 9.17) is 0 Å². The molecule has 0 amide bonds. The summed E-state index contributed by atoms with van der Waals surface area (Å²) in [6.07, 6.45) is 1.61. The molecule has 7 nitrogen and oxygen atoms in total. The molecule has 1 heterocycles. The molecule has 0 spiro atoms. The van der Waals surface area contributed by atoms with Gasteiger partial charge in [0.1, 0.15) is 0 Å². The molecule has 7 heteroatoms. The molecule has 0 fully saturated rings. The van der Waals surface area contributed by atoms with Crippen LogP contribution in [0.15, 0.2) is 12.7 Å². The maximum absolute atomic E-state index is 10.8. The third kappa shape index (κ3) is 2.25. The van der Waals surface area contributed by atoms with Crippen LogP contribution in [0.2, 0.25) is 0 Å². The normalized spacial score (nSPS) is 9.73. The lowest BCUT2D eigenvalue weighted by atomic mass is 10.4. The van der Waals surface area contributed by atoms with Crippen LogP contribution in [0.5, 0.6) is 0 Å². The second kappa shape index (κ2) is 4.45. The first-order valence-corrected chi connectivity index (χ1v) is 4.32. The van der Waals surface area contributed by atoms with E-state index in [9.17, 15) is 10.1 Å². The minimum Gasteiger partial charge on any atom is -0.361 e. The zero-order valence-electron chi connectivity index (χ0n) is 8.65. The van der Waals surface area contributed by atoms with E-state index in [1.807, 2.05) is 0 Å². The third-order valence-corrected chi connectivity index (χ3v) is 1.75. The third-order valence-electron chi connectivity index (χ3n) is 1.75. The van der Waals surface area contributed by atoms with Gasteiger partial charge in [0.05, 0.1) is 4.92 Å². The minimum absolute atomic E-state index is 0.0538. The standard InChI is InChI=1S/C8H13N5O2/c1-4-5-9-7-6(13(14)15)8(11-10-7)12(2)3/h4H,1,5H2,2-3H3,(H2,9,10,11). The highest BCUT2D eigenvalue weighted by Crippen LogP contribution is 2.31. The maximum Gasteiger partial charge on any atom is 0.354 e. The molecule has 0 aromatic carbocycles. The van der Waals surface area contributed by atoms with Crippen LogP contribution < -0.4 is 10.2 Å². The van der Waals surface area contributed by atoms with Gasteiger partial charge in [-0.3, -0.25) is 15.2 Å². The Bertz CT molecular complexity index is 371. The first-order valence-electron chi connectivity index (χ1n) is 4.32. The minimum atomic E-state index is -0.468. The Hall–Kier alpha value is -2.05. The lowest BCUT2D eigenvalue weighted by Crippen LogP contribution is -2.11. The Kier molecular flexibility index (Phi) is 3.27. The van der Waals surface area contributed by atoms with Crippen LogP contribution in [0.4, 0.5) is 17.3 Å². The van der Waals surface area contributed by atoms with Gasteiger partial charge in [-0.05, 0) is 0 Å². The molecular weight excluding hydrogens is 198 g/mol. The Morgan fingerprint density at radius 3 is 2.87 bits per heavy atom. The van der Waals surface area contributed by atoms with Gasteiger partial charge in [-0.15, -0.1) is 11.7 Å². The molecule has 0 aliphatic carbocycles. The lowest BCUT2D eigenvalue weighted by Gasteiger charge is -2.06. The van der Waals surface area contributed by atoms with Crippen LogP contribution in [0.25, 0.3) is 0 Å². The van der Waals surface area contributed by atoms with Crippen molar-refractivity contribution in [1.82, 2.24) is 10.2 Å². The highest BCUT2D eigenvalue weighted by Gasteiger charge is 2.25. The lowest BCUT2D eigenvalue weighted by molar-refractivity contribution is -0.383. The molecular formula is C8H13N5O2. The number of aromatic nitrogens is 2. The van der Waals surface area contributed by atoms with Crippen LogP contribution in [-0.4, -0.2) is 35.8 Å². The Morgan fingerprint density at radius 1 is 1.73 bits per heavy atom. The zero-order chi connectivity index (χ0) is 11.4. The van der Waals surface area contributed by atoms with Crippen molar-refractivity contribution in [3.05, 3.63) is 22.8 Å². The van der Waals surface area contributed by atoms with E-state index in [1.165, 1.54) is 0 Å². The molecule has 0 atom stereocenters. The summed E-state index contributed by atoms with van der Waals surface area (Å²) in [5, 5.41) is 20.1. The highest BCUT2D eigenvalue weighted by atomic mass is 16.6. The van der Waals surface area contributed by atoms with Gasteiger partial charge in [0.15, 0.2) is 0 Å². The largest absolute Gasteiger partial charge is 0.361 e. The van der Waals surface area contributed by atoms with Gasteiger partial charge < -0.3 is 10.2 Å². The van der Waals surface area contributed by atoms with E-state index >= 15 is 0 Å². The summed E-state index contributed by atoms with van der Waals surface area (Å²) in [6.45, 7) is 3.96. The van der Waals surface area contributed by atoms with Gasteiger partial charge >= 0.3 is 5.69 Å². The molecule has 82 valence electrons. The van der Waals surface area contributed by atoms with Gasteiger partial charge in [0.25, 0.3) is 0 Å². The first kappa shape index (κ1) is 11.0. The maximum atomic E-state index is 10.8. The van der Waals surface area contributed by atoms with Crippen molar-refractivity contribution in [3.63, 3.8) is 0 Å². The Morgan fingerprint density at radius 2 is 2.40 bits per heavy atom. The molecule has 0 unspecified atom stereocenters. The van der Waals surface area contributed by atoms with E-state index in [0.29, 0.717) is 18.2 Å². The van der Waals surface area contributed by atoms with Gasteiger partial charge in [-0.25, -0.2) is 0 Å². The number of rotatable bonds is 5. The second-order valence-electron chi connectivity index (χ2n) is 3.09. The second-order valence-corrected chi connectivity index (χ2v) is 3.09.